The average Bonchev–Trinajstić information content (AvgIpc) is 3.16. The van der Waals surface area contributed by atoms with Crippen LogP contribution < -0.4 is 21.7 Å². The molecule has 3 amide bonds. The van der Waals surface area contributed by atoms with E-state index in [1.807, 2.05) is 0 Å². The number of fused-ring (bicyclic) bond motifs is 1. The van der Waals surface area contributed by atoms with Gasteiger partial charge in [0.05, 0.1) is 16.5 Å². The predicted molar refractivity (Wildman–Crippen MR) is 117 cm³/mol. The maximum atomic E-state index is 13.2. The second-order valence-corrected chi connectivity index (χ2v) is 6.93. The van der Waals surface area contributed by atoms with Crippen molar-refractivity contribution in [3.05, 3.63) is 83.4 Å². The van der Waals surface area contributed by atoms with Gasteiger partial charge in [-0.05, 0) is 42.0 Å². The number of nitrogens with zero attached hydrogens (tertiary/aromatic N) is 1. The Kier molecular flexibility index (Phi) is 5.67. The third-order valence-corrected chi connectivity index (χ3v) is 4.68. The van der Waals surface area contributed by atoms with Crippen LogP contribution in [0.4, 0.5) is 30.8 Å². The Balaban J connectivity index is 1.40. The molecule has 1 heterocycles. The van der Waals surface area contributed by atoms with Crippen molar-refractivity contribution in [2.24, 2.45) is 0 Å². The number of halogens is 2. The van der Waals surface area contributed by atoms with Crippen molar-refractivity contribution >= 4 is 40.0 Å². The molecular weight excluding hydrogens is 418 g/mol. The zero-order valence-electron chi connectivity index (χ0n) is 16.6. The molecule has 0 radical (unpaired) electrons. The number of nitrogen functional groups attached to an aromatic ring is 1. The number of nitrogens with one attached hydrogen (secondary N) is 4. The summed E-state index contributed by atoms with van der Waals surface area (Å²) in [6.45, 7) is 0.142. The first kappa shape index (κ1) is 20.8. The van der Waals surface area contributed by atoms with Gasteiger partial charge in [0.15, 0.2) is 17.5 Å². The lowest BCUT2D eigenvalue weighted by molar-refractivity contribution is 0.102. The molecule has 1 aromatic heterocycles. The van der Waals surface area contributed by atoms with E-state index in [0.717, 1.165) is 12.1 Å². The van der Waals surface area contributed by atoms with E-state index in [-0.39, 0.29) is 24.0 Å². The number of carbonyl (C=O) groups is 2. The Bertz CT molecular complexity index is 1320. The number of aromatic nitrogens is 2. The second kappa shape index (κ2) is 8.72. The Morgan fingerprint density at radius 2 is 1.72 bits per heavy atom. The molecule has 0 atom stereocenters. The fraction of sp³-hybridized carbons (Fsp3) is 0.0455. The van der Waals surface area contributed by atoms with E-state index in [9.17, 15) is 18.4 Å². The highest BCUT2D eigenvalue weighted by atomic mass is 19.2. The summed E-state index contributed by atoms with van der Waals surface area (Å²) in [6, 6.07) is 14.5. The zero-order chi connectivity index (χ0) is 22.7. The van der Waals surface area contributed by atoms with Gasteiger partial charge in [-0.25, -0.2) is 13.6 Å². The van der Waals surface area contributed by atoms with Crippen LogP contribution in [0.2, 0.25) is 0 Å². The summed E-state index contributed by atoms with van der Waals surface area (Å²) in [5.41, 5.74) is 8.25. The van der Waals surface area contributed by atoms with Gasteiger partial charge in [0.2, 0.25) is 0 Å². The summed E-state index contributed by atoms with van der Waals surface area (Å²) in [6.07, 6.45) is 0. The molecule has 0 aliphatic carbocycles. The number of carbonyl (C=O) groups excluding carboxylic acids is 2. The molecule has 0 saturated carbocycles. The number of nitrogens with two attached hydrogens (primary N) is 1. The lowest BCUT2D eigenvalue weighted by atomic mass is 10.1. The average molecular weight is 436 g/mol. The highest BCUT2D eigenvalue weighted by molar-refractivity contribution is 6.14. The highest BCUT2D eigenvalue weighted by Crippen LogP contribution is 2.23. The molecule has 0 aliphatic rings. The lowest BCUT2D eigenvalue weighted by Gasteiger charge is -2.10. The van der Waals surface area contributed by atoms with Gasteiger partial charge < -0.3 is 21.7 Å². The van der Waals surface area contributed by atoms with E-state index in [4.69, 9.17) is 5.73 Å². The van der Waals surface area contributed by atoms with Crippen molar-refractivity contribution in [1.82, 2.24) is 15.5 Å². The minimum atomic E-state index is -1.06. The minimum Gasteiger partial charge on any atom is -0.382 e. The van der Waals surface area contributed by atoms with Crippen molar-refractivity contribution in [2.75, 3.05) is 16.4 Å². The summed E-state index contributed by atoms with van der Waals surface area (Å²) < 4.78 is 26.2. The molecular formula is C22H18F2N6O2. The van der Waals surface area contributed by atoms with Crippen LogP contribution in [0, 0.1) is 11.6 Å². The largest absolute Gasteiger partial charge is 0.382 e. The Morgan fingerprint density at radius 1 is 0.938 bits per heavy atom. The standard InChI is InChI=1S/C22H18F2N6O2/c23-16-8-7-14(10-17(16)24)28-22(32)26-11-12-3-1-4-13(9-12)27-21(31)15-5-2-6-18-19(15)20(25)30-29-18/h1-10H,11H2,(H,27,31)(H3,25,29,30)(H2,26,28,32). The van der Waals surface area contributed by atoms with Crippen LogP contribution in [0.1, 0.15) is 15.9 Å². The van der Waals surface area contributed by atoms with Gasteiger partial charge in [0.25, 0.3) is 5.91 Å². The van der Waals surface area contributed by atoms with Crippen LogP contribution in [0.15, 0.2) is 60.7 Å². The molecule has 0 unspecified atom stereocenters. The molecule has 162 valence electrons. The van der Waals surface area contributed by atoms with Crippen molar-refractivity contribution in [3.63, 3.8) is 0 Å². The van der Waals surface area contributed by atoms with Crippen molar-refractivity contribution in [1.29, 1.82) is 0 Å². The maximum Gasteiger partial charge on any atom is 0.319 e. The Labute approximate surface area is 180 Å². The van der Waals surface area contributed by atoms with E-state index in [1.54, 1.807) is 42.5 Å². The van der Waals surface area contributed by atoms with E-state index in [1.165, 1.54) is 6.07 Å². The number of hydrogen-bond donors (Lipinski definition) is 5. The fourth-order valence-electron chi connectivity index (χ4n) is 3.18. The number of aromatic amines is 1. The summed E-state index contributed by atoms with van der Waals surface area (Å²) in [4.78, 5) is 24.8. The SMILES string of the molecule is Nc1n[nH]c2cccc(C(=O)Nc3cccc(CNC(=O)Nc4ccc(F)c(F)c4)c3)c12. The molecule has 4 aromatic rings. The number of benzene rings is 3. The molecule has 8 nitrogen and oxygen atoms in total. The molecule has 0 saturated heterocycles. The second-order valence-electron chi connectivity index (χ2n) is 6.93. The van der Waals surface area contributed by atoms with Crippen LogP contribution in [-0.4, -0.2) is 22.1 Å². The van der Waals surface area contributed by atoms with E-state index < -0.39 is 17.7 Å². The number of anilines is 3. The summed E-state index contributed by atoms with van der Waals surface area (Å²) in [5, 5.41) is 15.1. The normalized spacial score (nSPS) is 10.7. The third kappa shape index (κ3) is 4.48. The molecule has 10 heteroatoms. The summed E-state index contributed by atoms with van der Waals surface area (Å²) in [5.74, 6) is -2.18. The van der Waals surface area contributed by atoms with Crippen LogP contribution in [-0.2, 0) is 6.54 Å². The number of H-pyrrole nitrogens is 1. The highest BCUT2D eigenvalue weighted by Gasteiger charge is 2.15. The van der Waals surface area contributed by atoms with Crippen molar-refractivity contribution < 1.29 is 18.4 Å². The van der Waals surface area contributed by atoms with Gasteiger partial charge >= 0.3 is 6.03 Å². The van der Waals surface area contributed by atoms with Gasteiger partial charge in [-0.1, -0.05) is 18.2 Å². The van der Waals surface area contributed by atoms with Gasteiger partial charge in [-0.3, -0.25) is 9.89 Å². The monoisotopic (exact) mass is 436 g/mol. The molecule has 32 heavy (non-hydrogen) atoms. The quantitative estimate of drug-likeness (QED) is 0.324. The van der Waals surface area contributed by atoms with Crippen LogP contribution in [0.3, 0.4) is 0 Å². The van der Waals surface area contributed by atoms with Crippen molar-refractivity contribution in [2.45, 2.75) is 6.54 Å². The van der Waals surface area contributed by atoms with Crippen LogP contribution in [0.25, 0.3) is 10.9 Å². The molecule has 0 aliphatic heterocycles. The molecule has 4 rings (SSSR count). The molecule has 0 spiro atoms. The number of urea groups is 1. The lowest BCUT2D eigenvalue weighted by Crippen LogP contribution is -2.28. The molecule has 3 aromatic carbocycles. The number of amides is 3. The third-order valence-electron chi connectivity index (χ3n) is 4.68. The first-order chi connectivity index (χ1) is 15.4. The predicted octanol–water partition coefficient (Wildman–Crippen LogP) is 4.00. The van der Waals surface area contributed by atoms with Gasteiger partial charge in [0.1, 0.15) is 0 Å². The first-order valence-corrected chi connectivity index (χ1v) is 9.53. The zero-order valence-corrected chi connectivity index (χ0v) is 16.6. The van der Waals surface area contributed by atoms with Crippen molar-refractivity contribution in [3.8, 4) is 0 Å². The molecule has 6 N–H and O–H groups in total. The van der Waals surface area contributed by atoms with Gasteiger partial charge in [-0.15, -0.1) is 0 Å². The van der Waals surface area contributed by atoms with Gasteiger partial charge in [-0.2, -0.15) is 5.10 Å². The van der Waals surface area contributed by atoms with E-state index in [2.05, 4.69) is 26.1 Å². The maximum absolute atomic E-state index is 13.2. The van der Waals surface area contributed by atoms with E-state index in [0.29, 0.717) is 27.7 Å². The van der Waals surface area contributed by atoms with Gasteiger partial charge in [0, 0.05) is 24.0 Å². The van der Waals surface area contributed by atoms with Crippen LogP contribution >= 0.6 is 0 Å². The number of rotatable bonds is 5. The first-order valence-electron chi connectivity index (χ1n) is 9.53. The molecule has 0 bridgehead atoms. The molecule has 0 fully saturated rings. The number of hydrogen-bond acceptors (Lipinski definition) is 4. The van der Waals surface area contributed by atoms with E-state index >= 15 is 0 Å². The van der Waals surface area contributed by atoms with Crippen LogP contribution in [0.5, 0.6) is 0 Å². The Morgan fingerprint density at radius 3 is 2.53 bits per heavy atom. The summed E-state index contributed by atoms with van der Waals surface area (Å²) in [7, 11) is 0. The smallest absolute Gasteiger partial charge is 0.319 e. The summed E-state index contributed by atoms with van der Waals surface area (Å²) >= 11 is 0. The Hall–Kier alpha value is -4.47. The topological polar surface area (TPSA) is 125 Å². The fourth-order valence-corrected chi connectivity index (χ4v) is 3.18. The minimum absolute atomic E-state index is 0.120.